The van der Waals surface area contributed by atoms with Crippen LogP contribution in [0.4, 0.5) is 0 Å². The fourth-order valence-electron chi connectivity index (χ4n) is 3.38. The molecule has 0 radical (unpaired) electrons. The van der Waals surface area contributed by atoms with Gasteiger partial charge in [0.2, 0.25) is 0 Å². The smallest absolute Gasteiger partial charge is 0.0583 e. The molecule has 0 spiro atoms. The Labute approximate surface area is 120 Å². The summed E-state index contributed by atoms with van der Waals surface area (Å²) in [6, 6.07) is 0. The Morgan fingerprint density at radius 3 is 2.53 bits per heavy atom. The third-order valence-corrected chi connectivity index (χ3v) is 4.09. The van der Waals surface area contributed by atoms with Gasteiger partial charge in [-0.05, 0) is 43.6 Å². The molecule has 1 aliphatic carbocycles. The van der Waals surface area contributed by atoms with Crippen LogP contribution in [0.3, 0.4) is 0 Å². The molecule has 1 rings (SSSR count). The van der Waals surface area contributed by atoms with Crippen molar-refractivity contribution in [2.24, 2.45) is 16.7 Å². The van der Waals surface area contributed by atoms with Gasteiger partial charge >= 0.3 is 0 Å². The van der Waals surface area contributed by atoms with Crippen LogP contribution < -0.4 is 5.32 Å². The molecule has 2 atom stereocenters. The highest BCUT2D eigenvalue weighted by Gasteiger charge is 2.33. The van der Waals surface area contributed by atoms with Crippen molar-refractivity contribution in [3.63, 3.8) is 0 Å². The van der Waals surface area contributed by atoms with Crippen LogP contribution in [0.15, 0.2) is 0 Å². The first-order chi connectivity index (χ1) is 8.74. The Kier molecular flexibility index (Phi) is 6.32. The number of hydrogen-bond acceptors (Lipinski definition) is 2. The van der Waals surface area contributed by atoms with Gasteiger partial charge in [0.15, 0.2) is 0 Å². The zero-order valence-electron chi connectivity index (χ0n) is 14.0. The largest absolute Gasteiger partial charge is 0.378 e. The summed E-state index contributed by atoms with van der Waals surface area (Å²) >= 11 is 0. The quantitative estimate of drug-likeness (QED) is 0.698. The Morgan fingerprint density at radius 1 is 1.26 bits per heavy atom. The maximum absolute atomic E-state index is 6.24. The second kappa shape index (κ2) is 7.08. The number of nitrogens with one attached hydrogen (secondary N) is 1. The monoisotopic (exact) mass is 269 g/mol. The second-order valence-corrected chi connectivity index (χ2v) is 8.19. The highest BCUT2D eigenvalue weighted by atomic mass is 16.5. The number of ether oxygens (including phenoxy) is 1. The Bertz CT molecular complexity index is 260. The molecule has 1 aliphatic rings. The van der Waals surface area contributed by atoms with E-state index in [4.69, 9.17) is 4.74 Å². The first kappa shape index (κ1) is 17.0. The fraction of sp³-hybridized carbons (Fsp3) is 1.00. The lowest BCUT2D eigenvalue weighted by molar-refractivity contribution is -0.0512. The van der Waals surface area contributed by atoms with E-state index in [-0.39, 0.29) is 5.41 Å². The van der Waals surface area contributed by atoms with E-state index in [0.717, 1.165) is 25.6 Å². The van der Waals surface area contributed by atoms with Gasteiger partial charge in [0, 0.05) is 12.0 Å². The maximum Gasteiger partial charge on any atom is 0.0583 e. The summed E-state index contributed by atoms with van der Waals surface area (Å²) in [4.78, 5) is 0. The molecule has 1 fully saturated rings. The van der Waals surface area contributed by atoms with E-state index in [0.29, 0.717) is 11.5 Å². The van der Waals surface area contributed by atoms with Crippen LogP contribution >= 0.6 is 0 Å². The molecule has 19 heavy (non-hydrogen) atoms. The van der Waals surface area contributed by atoms with Gasteiger partial charge in [-0.25, -0.2) is 0 Å². The average molecular weight is 269 g/mol. The van der Waals surface area contributed by atoms with Gasteiger partial charge in [0.1, 0.15) is 0 Å². The highest BCUT2D eigenvalue weighted by Crippen LogP contribution is 2.40. The van der Waals surface area contributed by atoms with Crippen molar-refractivity contribution in [3.8, 4) is 0 Å². The summed E-state index contributed by atoms with van der Waals surface area (Å²) in [6.45, 7) is 17.0. The molecule has 0 aromatic carbocycles. The normalized spacial score (nSPS) is 27.5. The van der Waals surface area contributed by atoms with E-state index < -0.39 is 0 Å². The molecule has 0 saturated heterocycles. The van der Waals surface area contributed by atoms with E-state index in [1.807, 2.05) is 0 Å². The molecule has 0 bridgehead atoms. The average Bonchev–Trinajstić information content (AvgIpc) is 2.24. The topological polar surface area (TPSA) is 21.3 Å². The lowest BCUT2D eigenvalue weighted by atomic mass is 9.71. The van der Waals surface area contributed by atoms with Gasteiger partial charge in [-0.15, -0.1) is 0 Å². The molecule has 2 unspecified atom stereocenters. The summed E-state index contributed by atoms with van der Waals surface area (Å²) in [5.41, 5.74) is 0.687. The SMILES string of the molecule is CCCNCC(C)(C)COC1CC(C)CC(C)(C)C1. The fourth-order valence-corrected chi connectivity index (χ4v) is 3.38. The van der Waals surface area contributed by atoms with Gasteiger partial charge in [-0.1, -0.05) is 41.5 Å². The van der Waals surface area contributed by atoms with Crippen molar-refractivity contribution in [1.82, 2.24) is 5.32 Å². The molecule has 0 aromatic heterocycles. The molecule has 0 heterocycles. The van der Waals surface area contributed by atoms with Gasteiger partial charge in [-0.2, -0.15) is 0 Å². The summed E-state index contributed by atoms with van der Waals surface area (Å²) in [6.07, 6.45) is 5.46. The molecule has 2 heteroatoms. The minimum absolute atomic E-state index is 0.236. The van der Waals surface area contributed by atoms with Gasteiger partial charge < -0.3 is 10.1 Å². The van der Waals surface area contributed by atoms with E-state index in [1.165, 1.54) is 25.7 Å². The van der Waals surface area contributed by atoms with Crippen LogP contribution in [0, 0.1) is 16.7 Å². The number of hydrogen-bond donors (Lipinski definition) is 1. The van der Waals surface area contributed by atoms with Crippen molar-refractivity contribution < 1.29 is 4.74 Å². The van der Waals surface area contributed by atoms with Crippen LogP contribution in [-0.4, -0.2) is 25.8 Å². The van der Waals surface area contributed by atoms with Crippen molar-refractivity contribution in [2.45, 2.75) is 73.3 Å². The van der Waals surface area contributed by atoms with Crippen molar-refractivity contribution in [1.29, 1.82) is 0 Å². The first-order valence-electron chi connectivity index (χ1n) is 8.06. The minimum Gasteiger partial charge on any atom is -0.378 e. The minimum atomic E-state index is 0.236. The van der Waals surface area contributed by atoms with Gasteiger partial charge in [0.25, 0.3) is 0 Å². The van der Waals surface area contributed by atoms with Gasteiger partial charge in [0.05, 0.1) is 12.7 Å². The highest BCUT2D eigenvalue weighted by molar-refractivity contribution is 4.84. The summed E-state index contributed by atoms with van der Waals surface area (Å²) in [7, 11) is 0. The zero-order chi connectivity index (χ0) is 14.5. The van der Waals surface area contributed by atoms with E-state index in [1.54, 1.807) is 0 Å². The molecule has 114 valence electrons. The molecule has 0 amide bonds. The lowest BCUT2D eigenvalue weighted by Crippen LogP contribution is -2.38. The van der Waals surface area contributed by atoms with Crippen LogP contribution in [-0.2, 0) is 4.74 Å². The van der Waals surface area contributed by atoms with Crippen LogP contribution in [0.1, 0.15) is 67.2 Å². The summed E-state index contributed by atoms with van der Waals surface area (Å²) < 4.78 is 6.24. The van der Waals surface area contributed by atoms with E-state index >= 15 is 0 Å². The number of rotatable bonds is 7. The van der Waals surface area contributed by atoms with Gasteiger partial charge in [-0.3, -0.25) is 0 Å². The Morgan fingerprint density at radius 2 is 1.95 bits per heavy atom. The lowest BCUT2D eigenvalue weighted by Gasteiger charge is -2.40. The Hall–Kier alpha value is -0.0800. The van der Waals surface area contributed by atoms with Crippen LogP contribution in [0.2, 0.25) is 0 Å². The third-order valence-electron chi connectivity index (χ3n) is 4.09. The summed E-state index contributed by atoms with van der Waals surface area (Å²) in [5, 5.41) is 3.51. The van der Waals surface area contributed by atoms with Crippen molar-refractivity contribution in [3.05, 3.63) is 0 Å². The van der Waals surface area contributed by atoms with Crippen LogP contribution in [0.25, 0.3) is 0 Å². The second-order valence-electron chi connectivity index (χ2n) is 8.19. The molecule has 2 nitrogen and oxygen atoms in total. The maximum atomic E-state index is 6.24. The first-order valence-corrected chi connectivity index (χ1v) is 8.06. The van der Waals surface area contributed by atoms with Crippen molar-refractivity contribution in [2.75, 3.05) is 19.7 Å². The van der Waals surface area contributed by atoms with Crippen LogP contribution in [0.5, 0.6) is 0 Å². The Balaban J connectivity index is 2.34. The predicted molar refractivity (Wildman–Crippen MR) is 83.5 cm³/mol. The molecule has 0 aliphatic heterocycles. The predicted octanol–water partition coefficient (Wildman–Crippen LogP) is 4.24. The van der Waals surface area contributed by atoms with E-state index in [2.05, 4.69) is 46.9 Å². The molecule has 1 N–H and O–H groups in total. The summed E-state index contributed by atoms with van der Waals surface area (Å²) in [5.74, 6) is 0.801. The van der Waals surface area contributed by atoms with Crippen molar-refractivity contribution >= 4 is 0 Å². The molecular formula is C17H35NO. The standard InChI is InChI=1S/C17H35NO/c1-7-8-18-12-17(5,6)13-19-15-9-14(2)10-16(3,4)11-15/h14-15,18H,7-13H2,1-6H3. The molecule has 1 saturated carbocycles. The zero-order valence-corrected chi connectivity index (χ0v) is 14.0. The molecule has 0 aromatic rings. The molecular weight excluding hydrogens is 234 g/mol. The van der Waals surface area contributed by atoms with E-state index in [9.17, 15) is 0 Å². The third kappa shape index (κ3) is 6.76.